The number of hydrogen-bond acceptors (Lipinski definition) is 4. The van der Waals surface area contributed by atoms with Gasteiger partial charge in [0.1, 0.15) is 11.0 Å². The van der Waals surface area contributed by atoms with E-state index < -0.39 is 0 Å². The van der Waals surface area contributed by atoms with Gasteiger partial charge in [-0.1, -0.05) is 25.4 Å². The lowest BCUT2D eigenvalue weighted by Crippen LogP contribution is -2.17. The van der Waals surface area contributed by atoms with Crippen molar-refractivity contribution in [2.24, 2.45) is 0 Å². The zero-order valence-corrected chi connectivity index (χ0v) is 10.9. The molecule has 0 aliphatic carbocycles. The molecule has 5 heteroatoms. The minimum absolute atomic E-state index is 0.435. The molecule has 2 rings (SSSR count). The number of anilines is 1. The number of nitrogens with one attached hydrogen (secondary N) is 1. The fourth-order valence-electron chi connectivity index (χ4n) is 1.66. The average molecular weight is 256 g/mol. The molecule has 2 aromatic rings. The zero-order chi connectivity index (χ0) is 11.5. The maximum Gasteiger partial charge on any atom is 0.129 e. The summed E-state index contributed by atoms with van der Waals surface area (Å²) >= 11 is 7.41. The molecule has 0 bridgehead atoms. The quantitative estimate of drug-likeness (QED) is 0.899. The summed E-state index contributed by atoms with van der Waals surface area (Å²) in [4.78, 5) is 0. The summed E-state index contributed by atoms with van der Waals surface area (Å²) in [6.07, 6.45) is 2.14. The number of aromatic nitrogens is 2. The van der Waals surface area contributed by atoms with Crippen LogP contribution in [-0.2, 0) is 0 Å². The van der Waals surface area contributed by atoms with Crippen molar-refractivity contribution in [3.8, 4) is 0 Å². The van der Waals surface area contributed by atoms with Crippen LogP contribution in [0.2, 0.25) is 5.02 Å². The van der Waals surface area contributed by atoms with E-state index in [4.69, 9.17) is 11.6 Å². The van der Waals surface area contributed by atoms with Gasteiger partial charge in [0.2, 0.25) is 0 Å². The number of nitrogens with zero attached hydrogens (tertiary/aromatic N) is 2. The van der Waals surface area contributed by atoms with Gasteiger partial charge in [-0.15, -0.1) is 0 Å². The van der Waals surface area contributed by atoms with E-state index in [9.17, 15) is 0 Å². The van der Waals surface area contributed by atoms with Gasteiger partial charge in [-0.3, -0.25) is 0 Å². The Morgan fingerprint density at radius 3 is 2.75 bits per heavy atom. The van der Waals surface area contributed by atoms with Gasteiger partial charge < -0.3 is 5.32 Å². The van der Waals surface area contributed by atoms with E-state index in [0.29, 0.717) is 11.1 Å². The number of fused-ring (bicyclic) bond motifs is 1. The molecule has 1 N–H and O–H groups in total. The maximum atomic E-state index is 6.19. The van der Waals surface area contributed by atoms with Crippen LogP contribution in [0.15, 0.2) is 12.1 Å². The first-order valence-electron chi connectivity index (χ1n) is 5.43. The molecular weight excluding hydrogens is 242 g/mol. The molecule has 0 aliphatic heterocycles. The topological polar surface area (TPSA) is 37.8 Å². The van der Waals surface area contributed by atoms with Crippen molar-refractivity contribution in [1.29, 1.82) is 0 Å². The first kappa shape index (κ1) is 11.6. The van der Waals surface area contributed by atoms with Crippen LogP contribution in [0.25, 0.3) is 11.0 Å². The molecule has 0 saturated heterocycles. The predicted octanol–water partition coefficient (Wildman–Crippen LogP) is 3.95. The SMILES string of the molecule is CCC(CC)Nc1c(Cl)ccc2nsnc12. The summed E-state index contributed by atoms with van der Waals surface area (Å²) in [6, 6.07) is 4.21. The number of halogens is 1. The lowest BCUT2D eigenvalue weighted by Gasteiger charge is -2.17. The van der Waals surface area contributed by atoms with E-state index in [1.165, 1.54) is 11.7 Å². The third-order valence-electron chi connectivity index (χ3n) is 2.71. The minimum Gasteiger partial charge on any atom is -0.379 e. The molecule has 86 valence electrons. The van der Waals surface area contributed by atoms with Gasteiger partial charge >= 0.3 is 0 Å². The molecule has 1 aromatic heterocycles. The van der Waals surface area contributed by atoms with Gasteiger partial charge in [0, 0.05) is 6.04 Å². The number of benzene rings is 1. The van der Waals surface area contributed by atoms with Crippen LogP contribution in [0.1, 0.15) is 26.7 Å². The molecule has 16 heavy (non-hydrogen) atoms. The Bertz CT molecular complexity index is 479. The number of hydrogen-bond donors (Lipinski definition) is 1. The van der Waals surface area contributed by atoms with Crippen LogP contribution in [0.5, 0.6) is 0 Å². The van der Waals surface area contributed by atoms with Crippen LogP contribution in [0, 0.1) is 0 Å². The van der Waals surface area contributed by atoms with Crippen LogP contribution < -0.4 is 5.32 Å². The van der Waals surface area contributed by atoms with Gasteiger partial charge in [0.05, 0.1) is 22.4 Å². The molecule has 0 saturated carbocycles. The van der Waals surface area contributed by atoms with E-state index in [-0.39, 0.29) is 0 Å². The van der Waals surface area contributed by atoms with Gasteiger partial charge in [-0.25, -0.2) is 0 Å². The Kier molecular flexibility index (Phi) is 3.61. The summed E-state index contributed by atoms with van der Waals surface area (Å²) in [5.74, 6) is 0. The van der Waals surface area contributed by atoms with E-state index in [1.54, 1.807) is 0 Å². The van der Waals surface area contributed by atoms with E-state index in [0.717, 1.165) is 29.6 Å². The molecular formula is C11H14ClN3S. The monoisotopic (exact) mass is 255 g/mol. The minimum atomic E-state index is 0.435. The highest BCUT2D eigenvalue weighted by Gasteiger charge is 2.12. The Hall–Kier alpha value is -0.870. The second kappa shape index (κ2) is 4.97. The summed E-state index contributed by atoms with van der Waals surface area (Å²) < 4.78 is 8.50. The highest BCUT2D eigenvalue weighted by Crippen LogP contribution is 2.30. The molecule has 0 atom stereocenters. The van der Waals surface area contributed by atoms with Crippen molar-refractivity contribution in [3.63, 3.8) is 0 Å². The Labute approximate surface area is 104 Å². The summed E-state index contributed by atoms with van der Waals surface area (Å²) in [5, 5.41) is 4.16. The fraction of sp³-hybridized carbons (Fsp3) is 0.455. The van der Waals surface area contributed by atoms with E-state index in [2.05, 4.69) is 27.9 Å². The second-order valence-corrected chi connectivity index (χ2v) is 4.65. The molecule has 1 aromatic carbocycles. The molecule has 0 unspecified atom stereocenters. The third kappa shape index (κ3) is 2.13. The second-order valence-electron chi connectivity index (χ2n) is 3.71. The van der Waals surface area contributed by atoms with Crippen molar-refractivity contribution in [1.82, 2.24) is 8.75 Å². The van der Waals surface area contributed by atoms with E-state index in [1.807, 2.05) is 12.1 Å². The Morgan fingerprint density at radius 1 is 1.31 bits per heavy atom. The smallest absolute Gasteiger partial charge is 0.129 e. The highest BCUT2D eigenvalue weighted by atomic mass is 35.5. The summed E-state index contributed by atoms with van der Waals surface area (Å²) in [7, 11) is 0. The van der Waals surface area contributed by atoms with Gasteiger partial charge in [-0.2, -0.15) is 8.75 Å². The lowest BCUT2D eigenvalue weighted by molar-refractivity contribution is 0.672. The van der Waals surface area contributed by atoms with Gasteiger partial charge in [-0.05, 0) is 25.0 Å². The zero-order valence-electron chi connectivity index (χ0n) is 9.33. The lowest BCUT2D eigenvalue weighted by atomic mass is 10.1. The van der Waals surface area contributed by atoms with Crippen molar-refractivity contribution >= 4 is 40.0 Å². The van der Waals surface area contributed by atoms with Crippen LogP contribution in [-0.4, -0.2) is 14.8 Å². The van der Waals surface area contributed by atoms with Crippen LogP contribution in [0.3, 0.4) is 0 Å². The highest BCUT2D eigenvalue weighted by molar-refractivity contribution is 7.00. The van der Waals surface area contributed by atoms with Gasteiger partial charge in [0.15, 0.2) is 0 Å². The predicted molar refractivity (Wildman–Crippen MR) is 70.4 cm³/mol. The molecule has 0 radical (unpaired) electrons. The van der Waals surface area contributed by atoms with Crippen molar-refractivity contribution in [2.75, 3.05) is 5.32 Å². The summed E-state index contributed by atoms with van der Waals surface area (Å²) in [5.41, 5.74) is 2.70. The molecule has 0 amide bonds. The Balaban J connectivity index is 2.41. The molecule has 0 fully saturated rings. The largest absolute Gasteiger partial charge is 0.379 e. The van der Waals surface area contributed by atoms with Crippen molar-refractivity contribution < 1.29 is 0 Å². The number of rotatable bonds is 4. The first-order valence-corrected chi connectivity index (χ1v) is 6.54. The third-order valence-corrected chi connectivity index (χ3v) is 3.57. The normalized spacial score (nSPS) is 11.2. The molecule has 0 aliphatic rings. The average Bonchev–Trinajstić information content (AvgIpc) is 2.76. The van der Waals surface area contributed by atoms with Crippen LogP contribution >= 0.6 is 23.3 Å². The fourth-order valence-corrected chi connectivity index (χ4v) is 2.41. The maximum absolute atomic E-state index is 6.19. The Morgan fingerprint density at radius 2 is 2.06 bits per heavy atom. The van der Waals surface area contributed by atoms with E-state index >= 15 is 0 Å². The van der Waals surface area contributed by atoms with Crippen LogP contribution in [0.4, 0.5) is 5.69 Å². The van der Waals surface area contributed by atoms with Crippen molar-refractivity contribution in [2.45, 2.75) is 32.7 Å². The standard InChI is InChI=1S/C11H14ClN3S/c1-3-7(4-2)13-10-8(12)5-6-9-11(10)15-16-14-9/h5-7,13H,3-4H2,1-2H3. The molecule has 3 nitrogen and oxygen atoms in total. The summed E-state index contributed by atoms with van der Waals surface area (Å²) in [6.45, 7) is 4.32. The molecule has 0 spiro atoms. The van der Waals surface area contributed by atoms with Crippen molar-refractivity contribution in [3.05, 3.63) is 17.2 Å². The molecule has 1 heterocycles. The van der Waals surface area contributed by atoms with Gasteiger partial charge in [0.25, 0.3) is 0 Å². The first-order chi connectivity index (χ1) is 7.76.